The number of ether oxygens (including phenoxy) is 1. The number of hydrogen-bond donors (Lipinski definition) is 1. The SMILES string of the molecule is CCOc1ccccc1-n1c(CN2CC3CCC(C2)N3)nc2ccccc2c1=O. The van der Waals surface area contributed by atoms with Gasteiger partial charge in [-0.05, 0) is 44.0 Å². The first kappa shape index (κ1) is 18.3. The van der Waals surface area contributed by atoms with Crippen LogP contribution in [0, 0.1) is 0 Å². The van der Waals surface area contributed by atoms with Gasteiger partial charge in [0.15, 0.2) is 0 Å². The van der Waals surface area contributed by atoms with E-state index in [1.54, 1.807) is 4.57 Å². The largest absolute Gasteiger partial charge is 0.492 e. The van der Waals surface area contributed by atoms with Crippen molar-refractivity contribution in [1.29, 1.82) is 0 Å². The summed E-state index contributed by atoms with van der Waals surface area (Å²) in [5, 5.41) is 4.30. The molecule has 2 unspecified atom stereocenters. The first-order chi connectivity index (χ1) is 14.2. The highest BCUT2D eigenvalue weighted by Gasteiger charge is 2.32. The predicted molar refractivity (Wildman–Crippen MR) is 114 cm³/mol. The average molecular weight is 390 g/mol. The van der Waals surface area contributed by atoms with Gasteiger partial charge in [-0.25, -0.2) is 4.98 Å². The zero-order chi connectivity index (χ0) is 19.8. The van der Waals surface area contributed by atoms with Crippen LogP contribution in [0.25, 0.3) is 16.6 Å². The summed E-state index contributed by atoms with van der Waals surface area (Å²) in [6.07, 6.45) is 2.46. The van der Waals surface area contributed by atoms with Crippen LogP contribution in [-0.4, -0.2) is 46.2 Å². The fraction of sp³-hybridized carbons (Fsp3) is 0.391. The smallest absolute Gasteiger partial charge is 0.266 e. The van der Waals surface area contributed by atoms with E-state index in [1.807, 2.05) is 55.5 Å². The van der Waals surface area contributed by atoms with Gasteiger partial charge in [-0.15, -0.1) is 0 Å². The Balaban J connectivity index is 1.64. The highest BCUT2D eigenvalue weighted by atomic mass is 16.5. The van der Waals surface area contributed by atoms with Gasteiger partial charge in [-0.3, -0.25) is 14.3 Å². The standard InChI is InChI=1S/C23H26N4O2/c1-2-29-21-10-6-5-9-20(21)27-22(15-26-13-16-11-12-17(14-26)24-16)25-19-8-4-3-7-18(19)23(27)28/h3-10,16-17,24H,2,11-15H2,1H3. The third kappa shape index (κ3) is 3.43. The Hall–Kier alpha value is -2.70. The number of nitrogens with one attached hydrogen (secondary N) is 1. The van der Waals surface area contributed by atoms with Crippen molar-refractivity contribution in [3.05, 3.63) is 64.7 Å². The van der Waals surface area contributed by atoms with Crippen LogP contribution in [0.4, 0.5) is 0 Å². The number of para-hydroxylation sites is 3. The van der Waals surface area contributed by atoms with Crippen LogP contribution < -0.4 is 15.6 Å². The van der Waals surface area contributed by atoms with E-state index in [1.165, 1.54) is 12.8 Å². The quantitative estimate of drug-likeness (QED) is 0.726. The van der Waals surface area contributed by atoms with Gasteiger partial charge in [0, 0.05) is 25.2 Å². The molecular weight excluding hydrogens is 364 g/mol. The summed E-state index contributed by atoms with van der Waals surface area (Å²) >= 11 is 0. The van der Waals surface area contributed by atoms with E-state index < -0.39 is 0 Å². The normalized spacial score (nSPS) is 21.6. The van der Waals surface area contributed by atoms with Crippen molar-refractivity contribution >= 4 is 10.9 Å². The molecule has 6 nitrogen and oxygen atoms in total. The van der Waals surface area contributed by atoms with Crippen molar-refractivity contribution in [3.8, 4) is 11.4 Å². The third-order valence-electron chi connectivity index (χ3n) is 5.91. The second-order valence-corrected chi connectivity index (χ2v) is 7.92. The Labute approximate surface area is 170 Å². The molecule has 0 saturated carbocycles. The fourth-order valence-corrected chi connectivity index (χ4v) is 4.67. The van der Waals surface area contributed by atoms with Gasteiger partial charge in [0.1, 0.15) is 11.6 Å². The molecule has 2 fully saturated rings. The maximum Gasteiger partial charge on any atom is 0.266 e. The molecule has 0 spiro atoms. The van der Waals surface area contributed by atoms with Gasteiger partial charge in [0.2, 0.25) is 0 Å². The molecule has 1 N–H and O–H groups in total. The summed E-state index contributed by atoms with van der Waals surface area (Å²) in [7, 11) is 0. The van der Waals surface area contributed by atoms with E-state index in [0.717, 1.165) is 30.1 Å². The van der Waals surface area contributed by atoms with E-state index in [9.17, 15) is 4.79 Å². The number of nitrogens with zero attached hydrogens (tertiary/aromatic N) is 3. The van der Waals surface area contributed by atoms with Crippen LogP contribution in [0.1, 0.15) is 25.6 Å². The number of benzene rings is 2. The molecule has 2 atom stereocenters. The maximum absolute atomic E-state index is 13.5. The van der Waals surface area contributed by atoms with Crippen LogP contribution in [0.5, 0.6) is 5.75 Å². The van der Waals surface area contributed by atoms with Gasteiger partial charge < -0.3 is 10.1 Å². The van der Waals surface area contributed by atoms with Crippen LogP contribution >= 0.6 is 0 Å². The molecule has 0 amide bonds. The summed E-state index contributed by atoms with van der Waals surface area (Å²) in [6, 6.07) is 16.4. The molecular formula is C23H26N4O2. The van der Waals surface area contributed by atoms with Crippen LogP contribution in [0.3, 0.4) is 0 Å². The molecule has 3 aromatic rings. The minimum absolute atomic E-state index is 0.0455. The van der Waals surface area contributed by atoms with Gasteiger partial charge in [0.05, 0.1) is 29.7 Å². The molecule has 2 saturated heterocycles. The van der Waals surface area contributed by atoms with Gasteiger partial charge in [0.25, 0.3) is 5.56 Å². The zero-order valence-corrected chi connectivity index (χ0v) is 16.7. The van der Waals surface area contributed by atoms with Crippen molar-refractivity contribution in [1.82, 2.24) is 19.8 Å². The number of piperazine rings is 1. The van der Waals surface area contributed by atoms with Crippen LogP contribution in [0.2, 0.25) is 0 Å². The van der Waals surface area contributed by atoms with Crippen LogP contribution in [0.15, 0.2) is 53.3 Å². The number of rotatable bonds is 5. The first-order valence-electron chi connectivity index (χ1n) is 10.4. The summed E-state index contributed by atoms with van der Waals surface area (Å²) in [5.41, 5.74) is 1.46. The predicted octanol–water partition coefficient (Wildman–Crippen LogP) is 2.72. The van der Waals surface area contributed by atoms with Crippen molar-refractivity contribution in [2.75, 3.05) is 19.7 Å². The minimum atomic E-state index is -0.0455. The molecule has 29 heavy (non-hydrogen) atoms. The summed E-state index contributed by atoms with van der Waals surface area (Å²) in [5.74, 6) is 1.47. The zero-order valence-electron chi connectivity index (χ0n) is 16.7. The number of fused-ring (bicyclic) bond motifs is 3. The molecule has 2 aliphatic rings. The average Bonchev–Trinajstić information content (AvgIpc) is 3.07. The van der Waals surface area contributed by atoms with Crippen molar-refractivity contribution in [3.63, 3.8) is 0 Å². The van der Waals surface area contributed by atoms with Gasteiger partial charge in [-0.2, -0.15) is 0 Å². The Bertz CT molecular complexity index is 1080. The Morgan fingerprint density at radius 3 is 2.59 bits per heavy atom. The van der Waals surface area contributed by atoms with E-state index in [2.05, 4.69) is 10.2 Å². The number of hydrogen-bond acceptors (Lipinski definition) is 5. The van der Waals surface area contributed by atoms with Crippen LogP contribution in [-0.2, 0) is 6.54 Å². The molecule has 2 bridgehead atoms. The van der Waals surface area contributed by atoms with Crippen molar-refractivity contribution < 1.29 is 4.74 Å². The maximum atomic E-state index is 13.5. The molecule has 0 radical (unpaired) electrons. The van der Waals surface area contributed by atoms with Gasteiger partial charge >= 0.3 is 0 Å². The van der Waals surface area contributed by atoms with E-state index >= 15 is 0 Å². The minimum Gasteiger partial charge on any atom is -0.492 e. The first-order valence-corrected chi connectivity index (χ1v) is 10.4. The second kappa shape index (κ2) is 7.61. The summed E-state index contributed by atoms with van der Waals surface area (Å²) in [4.78, 5) is 20.9. The lowest BCUT2D eigenvalue weighted by Gasteiger charge is -2.33. The molecule has 1 aromatic heterocycles. The van der Waals surface area contributed by atoms with E-state index in [0.29, 0.717) is 36.4 Å². The third-order valence-corrected chi connectivity index (χ3v) is 5.91. The lowest BCUT2D eigenvalue weighted by molar-refractivity contribution is 0.183. The number of aromatic nitrogens is 2. The Kier molecular flexibility index (Phi) is 4.81. The molecule has 5 rings (SSSR count). The Morgan fingerprint density at radius 1 is 1.07 bits per heavy atom. The van der Waals surface area contributed by atoms with E-state index in [-0.39, 0.29) is 5.56 Å². The van der Waals surface area contributed by atoms with Gasteiger partial charge in [-0.1, -0.05) is 24.3 Å². The molecule has 3 heterocycles. The molecule has 2 aromatic carbocycles. The molecule has 2 aliphatic heterocycles. The molecule has 150 valence electrons. The molecule has 0 aliphatic carbocycles. The Morgan fingerprint density at radius 2 is 1.79 bits per heavy atom. The second-order valence-electron chi connectivity index (χ2n) is 7.92. The van der Waals surface area contributed by atoms with Crippen molar-refractivity contribution in [2.24, 2.45) is 0 Å². The fourth-order valence-electron chi connectivity index (χ4n) is 4.67. The topological polar surface area (TPSA) is 59.4 Å². The highest BCUT2D eigenvalue weighted by molar-refractivity contribution is 5.78. The lowest BCUT2D eigenvalue weighted by Crippen LogP contribution is -2.51. The lowest BCUT2D eigenvalue weighted by atomic mass is 10.2. The van der Waals surface area contributed by atoms with E-state index in [4.69, 9.17) is 9.72 Å². The summed E-state index contributed by atoms with van der Waals surface area (Å²) < 4.78 is 7.58. The summed E-state index contributed by atoms with van der Waals surface area (Å²) in [6.45, 7) is 5.13. The monoisotopic (exact) mass is 390 g/mol. The van der Waals surface area contributed by atoms with Crippen molar-refractivity contribution in [2.45, 2.75) is 38.4 Å². The number of likely N-dealkylation sites (tertiary alicyclic amines) is 1. The molecule has 6 heteroatoms. The highest BCUT2D eigenvalue weighted by Crippen LogP contribution is 2.25.